The van der Waals surface area contributed by atoms with Crippen LogP contribution in [0.3, 0.4) is 0 Å². The number of nitrogens with one attached hydrogen (secondary N) is 1. The zero-order valence-corrected chi connectivity index (χ0v) is 17.4. The fourth-order valence-corrected chi connectivity index (χ4v) is 2.84. The molecule has 2 aromatic carbocycles. The van der Waals surface area contributed by atoms with Crippen LogP contribution in [0.1, 0.15) is 31.9 Å². The molecule has 0 aromatic heterocycles. The molecule has 1 N–H and O–H groups in total. The fourth-order valence-electron chi connectivity index (χ4n) is 2.84. The van der Waals surface area contributed by atoms with Crippen LogP contribution in [0.4, 0.5) is 4.39 Å². The van der Waals surface area contributed by atoms with Crippen LogP contribution in [0, 0.1) is 11.7 Å². The second kappa shape index (κ2) is 10.6. The Morgan fingerprint density at radius 3 is 2.14 bits per heavy atom. The van der Waals surface area contributed by atoms with Gasteiger partial charge in [-0.3, -0.25) is 9.59 Å². The van der Waals surface area contributed by atoms with Crippen molar-refractivity contribution in [3.63, 3.8) is 0 Å². The number of rotatable bonds is 9. The normalized spacial score (nSPS) is 11.8. The van der Waals surface area contributed by atoms with Crippen molar-refractivity contribution >= 4 is 11.8 Å². The zero-order valence-electron chi connectivity index (χ0n) is 17.4. The number of benzene rings is 2. The number of nitrogens with zero attached hydrogens (tertiary/aromatic N) is 1. The van der Waals surface area contributed by atoms with E-state index in [-0.39, 0.29) is 30.6 Å². The van der Waals surface area contributed by atoms with Gasteiger partial charge in [0.1, 0.15) is 17.6 Å². The first-order chi connectivity index (χ1) is 13.8. The molecule has 6 heteroatoms. The number of amides is 2. The lowest BCUT2D eigenvalue weighted by Gasteiger charge is -2.29. The minimum absolute atomic E-state index is 0.160. The third-order valence-corrected chi connectivity index (χ3v) is 4.63. The van der Waals surface area contributed by atoms with Crippen LogP contribution in [0.15, 0.2) is 48.5 Å². The lowest BCUT2D eigenvalue weighted by atomic mass is 10.1. The van der Waals surface area contributed by atoms with Crippen molar-refractivity contribution < 1.29 is 18.7 Å². The lowest BCUT2D eigenvalue weighted by Crippen LogP contribution is -2.48. The summed E-state index contributed by atoms with van der Waals surface area (Å²) >= 11 is 0. The van der Waals surface area contributed by atoms with Gasteiger partial charge in [-0.25, -0.2) is 4.39 Å². The zero-order chi connectivity index (χ0) is 21.4. The molecule has 0 aliphatic carbocycles. The van der Waals surface area contributed by atoms with Crippen LogP contribution < -0.4 is 10.1 Å². The van der Waals surface area contributed by atoms with Crippen molar-refractivity contribution in [2.45, 2.75) is 39.8 Å². The number of halogens is 1. The third kappa shape index (κ3) is 6.89. The van der Waals surface area contributed by atoms with Gasteiger partial charge in [0.05, 0.1) is 13.5 Å². The number of carbonyl (C=O) groups is 2. The Morgan fingerprint density at radius 2 is 1.59 bits per heavy atom. The van der Waals surface area contributed by atoms with Crippen LogP contribution in [-0.4, -0.2) is 36.4 Å². The largest absolute Gasteiger partial charge is 0.497 e. The van der Waals surface area contributed by atoms with E-state index >= 15 is 0 Å². The molecule has 0 heterocycles. The first-order valence-electron chi connectivity index (χ1n) is 9.74. The van der Waals surface area contributed by atoms with Crippen LogP contribution in [0.25, 0.3) is 0 Å². The van der Waals surface area contributed by atoms with Crippen molar-refractivity contribution in [2.24, 2.45) is 5.92 Å². The summed E-state index contributed by atoms with van der Waals surface area (Å²) in [6, 6.07) is 12.6. The smallest absolute Gasteiger partial charge is 0.242 e. The van der Waals surface area contributed by atoms with Gasteiger partial charge in [0, 0.05) is 13.1 Å². The highest BCUT2D eigenvalue weighted by Crippen LogP contribution is 2.16. The Balaban J connectivity index is 2.18. The fraction of sp³-hybridized carbons (Fsp3) is 0.391. The summed E-state index contributed by atoms with van der Waals surface area (Å²) in [5.74, 6) is 0.306. The van der Waals surface area contributed by atoms with Crippen LogP contribution in [0.5, 0.6) is 5.75 Å². The summed E-state index contributed by atoms with van der Waals surface area (Å²) in [6.45, 7) is 6.50. The van der Waals surface area contributed by atoms with E-state index < -0.39 is 6.04 Å². The molecule has 2 amide bonds. The maximum absolute atomic E-state index is 13.2. The average Bonchev–Trinajstić information content (AvgIpc) is 2.71. The highest BCUT2D eigenvalue weighted by Gasteiger charge is 2.26. The van der Waals surface area contributed by atoms with Gasteiger partial charge in [0.15, 0.2) is 0 Å². The van der Waals surface area contributed by atoms with Crippen LogP contribution in [-0.2, 0) is 22.6 Å². The molecular weight excluding hydrogens is 371 g/mol. The average molecular weight is 400 g/mol. The molecule has 0 saturated carbocycles. The molecule has 2 rings (SSSR count). The Morgan fingerprint density at radius 1 is 1.00 bits per heavy atom. The molecular formula is C23H29FN2O3. The minimum Gasteiger partial charge on any atom is -0.497 e. The van der Waals surface area contributed by atoms with E-state index in [0.29, 0.717) is 18.2 Å². The van der Waals surface area contributed by atoms with E-state index in [1.165, 1.54) is 17.0 Å². The Labute approximate surface area is 171 Å². The molecule has 0 radical (unpaired) electrons. The number of ether oxygens (including phenoxy) is 1. The second-order valence-corrected chi connectivity index (χ2v) is 7.49. The molecule has 0 fully saturated rings. The molecule has 1 unspecified atom stereocenters. The molecule has 29 heavy (non-hydrogen) atoms. The molecule has 0 saturated heterocycles. The summed E-state index contributed by atoms with van der Waals surface area (Å²) in [6.07, 6.45) is 0.160. The highest BCUT2D eigenvalue weighted by atomic mass is 19.1. The quantitative estimate of drug-likeness (QED) is 0.700. The van der Waals surface area contributed by atoms with Crippen LogP contribution >= 0.6 is 0 Å². The Kier molecular flexibility index (Phi) is 8.19. The highest BCUT2D eigenvalue weighted by molar-refractivity contribution is 5.88. The van der Waals surface area contributed by atoms with Gasteiger partial charge in [-0.2, -0.15) is 0 Å². The van der Waals surface area contributed by atoms with Crippen LogP contribution in [0.2, 0.25) is 0 Å². The predicted molar refractivity (Wildman–Crippen MR) is 111 cm³/mol. The Bertz CT molecular complexity index is 804. The van der Waals surface area contributed by atoms with Gasteiger partial charge in [0.2, 0.25) is 11.8 Å². The summed E-state index contributed by atoms with van der Waals surface area (Å²) in [5, 5.41) is 2.88. The number of hydrogen-bond donors (Lipinski definition) is 1. The maximum atomic E-state index is 13.2. The topological polar surface area (TPSA) is 58.6 Å². The minimum atomic E-state index is -0.649. The standard InChI is InChI=1S/C23H29FN2O3/c1-16(2)14-25-23(28)17(3)26(15-19-5-9-20(24)10-6-19)22(27)13-18-7-11-21(29-4)12-8-18/h5-12,16-17H,13-15H2,1-4H3,(H,25,28). The van der Waals surface area contributed by atoms with Gasteiger partial charge in [0.25, 0.3) is 0 Å². The molecule has 2 aromatic rings. The summed E-state index contributed by atoms with van der Waals surface area (Å²) < 4.78 is 18.4. The second-order valence-electron chi connectivity index (χ2n) is 7.49. The van der Waals surface area contributed by atoms with Crippen molar-refractivity contribution in [3.8, 4) is 5.75 Å². The monoisotopic (exact) mass is 400 g/mol. The summed E-state index contributed by atoms with van der Waals surface area (Å²) in [4.78, 5) is 27.2. The first-order valence-corrected chi connectivity index (χ1v) is 9.74. The van der Waals surface area contributed by atoms with Gasteiger partial charge >= 0.3 is 0 Å². The molecule has 5 nitrogen and oxygen atoms in total. The van der Waals surface area contributed by atoms with Crippen molar-refractivity contribution in [2.75, 3.05) is 13.7 Å². The van der Waals surface area contributed by atoms with Crippen molar-refractivity contribution in [1.29, 1.82) is 0 Å². The number of hydrogen-bond acceptors (Lipinski definition) is 3. The lowest BCUT2D eigenvalue weighted by molar-refractivity contribution is -0.140. The molecule has 0 spiro atoms. The first kappa shape index (κ1) is 22.4. The van der Waals surface area contributed by atoms with Gasteiger partial charge in [-0.1, -0.05) is 38.1 Å². The molecule has 0 bridgehead atoms. The van der Waals surface area contributed by atoms with E-state index in [1.807, 2.05) is 26.0 Å². The molecule has 0 aliphatic rings. The van der Waals surface area contributed by atoms with Crippen molar-refractivity contribution in [3.05, 3.63) is 65.5 Å². The summed E-state index contributed by atoms with van der Waals surface area (Å²) in [7, 11) is 1.59. The number of methoxy groups -OCH3 is 1. The van der Waals surface area contributed by atoms with E-state index in [4.69, 9.17) is 4.74 Å². The molecule has 156 valence electrons. The summed E-state index contributed by atoms with van der Waals surface area (Å²) in [5.41, 5.74) is 1.59. The Hall–Kier alpha value is -2.89. The SMILES string of the molecule is COc1ccc(CC(=O)N(Cc2ccc(F)cc2)C(C)C(=O)NCC(C)C)cc1. The number of carbonyl (C=O) groups excluding carboxylic acids is 2. The molecule has 1 atom stereocenters. The van der Waals surface area contributed by atoms with Gasteiger partial charge in [-0.05, 0) is 48.2 Å². The maximum Gasteiger partial charge on any atom is 0.242 e. The molecule has 0 aliphatic heterocycles. The van der Waals surface area contributed by atoms with Crippen molar-refractivity contribution in [1.82, 2.24) is 10.2 Å². The van der Waals surface area contributed by atoms with Gasteiger partial charge in [-0.15, -0.1) is 0 Å². The predicted octanol–water partition coefficient (Wildman–Crippen LogP) is 3.57. The van der Waals surface area contributed by atoms with E-state index in [9.17, 15) is 14.0 Å². The third-order valence-electron chi connectivity index (χ3n) is 4.63. The van der Waals surface area contributed by atoms with Gasteiger partial charge < -0.3 is 15.0 Å². The van der Waals surface area contributed by atoms with E-state index in [0.717, 1.165) is 11.1 Å². The van der Waals surface area contributed by atoms with E-state index in [2.05, 4.69) is 5.32 Å². The van der Waals surface area contributed by atoms with E-state index in [1.54, 1.807) is 38.3 Å².